The summed E-state index contributed by atoms with van der Waals surface area (Å²) in [5.41, 5.74) is 1.49. The van der Waals surface area contributed by atoms with Gasteiger partial charge >= 0.3 is 0 Å². The highest BCUT2D eigenvalue weighted by molar-refractivity contribution is 5.97. The molecule has 0 aliphatic carbocycles. The van der Waals surface area contributed by atoms with E-state index in [1.165, 1.54) is 26.0 Å². The highest BCUT2D eigenvalue weighted by atomic mass is 16.5. The molecule has 0 bridgehead atoms. The van der Waals surface area contributed by atoms with Crippen LogP contribution in [0.15, 0.2) is 42.7 Å². The molecule has 0 saturated carbocycles. The molecule has 0 saturated heterocycles. The summed E-state index contributed by atoms with van der Waals surface area (Å²) in [6.07, 6.45) is 3.32. The van der Waals surface area contributed by atoms with Crippen LogP contribution in [0.1, 0.15) is 12.5 Å². The summed E-state index contributed by atoms with van der Waals surface area (Å²) >= 11 is 0. The molecule has 0 fully saturated rings. The molecule has 0 radical (unpaired) electrons. The van der Waals surface area contributed by atoms with Crippen molar-refractivity contribution >= 4 is 17.5 Å². The van der Waals surface area contributed by atoms with Crippen molar-refractivity contribution in [2.45, 2.75) is 13.5 Å². The Labute approximate surface area is 146 Å². The minimum atomic E-state index is -0.262. The van der Waals surface area contributed by atoms with Crippen LogP contribution in [0.3, 0.4) is 0 Å². The summed E-state index contributed by atoms with van der Waals surface area (Å²) in [5, 5.41) is 2.79. The Bertz CT molecular complexity index is 734. The number of carbonyl (C=O) groups is 2. The number of hydrogen-bond donors (Lipinski definition) is 1. The number of carbonyl (C=O) groups excluding carboxylic acids is 2. The molecule has 7 nitrogen and oxygen atoms in total. The van der Waals surface area contributed by atoms with Crippen LogP contribution in [0.25, 0.3) is 0 Å². The molecule has 2 aromatic rings. The summed E-state index contributed by atoms with van der Waals surface area (Å²) in [7, 11) is 3.05. The topological polar surface area (TPSA) is 80.8 Å². The summed E-state index contributed by atoms with van der Waals surface area (Å²) in [5.74, 6) is 0.536. The maximum absolute atomic E-state index is 12.2. The SMILES string of the molecule is COc1ccc(N(CC(=O)NCc2ccncc2)C(C)=O)cc1OC. The number of hydrogen-bond acceptors (Lipinski definition) is 5. The number of nitrogens with one attached hydrogen (secondary N) is 1. The molecular weight excluding hydrogens is 322 g/mol. The Morgan fingerprint density at radius 2 is 1.76 bits per heavy atom. The molecule has 1 aromatic heterocycles. The van der Waals surface area contributed by atoms with Gasteiger partial charge in [-0.3, -0.25) is 14.6 Å². The van der Waals surface area contributed by atoms with Gasteiger partial charge in [0.25, 0.3) is 0 Å². The number of anilines is 1. The van der Waals surface area contributed by atoms with Gasteiger partial charge in [0.1, 0.15) is 6.54 Å². The number of ether oxygens (including phenoxy) is 2. The lowest BCUT2D eigenvalue weighted by Crippen LogP contribution is -2.39. The van der Waals surface area contributed by atoms with Gasteiger partial charge in [-0.05, 0) is 29.8 Å². The normalized spacial score (nSPS) is 10.0. The fourth-order valence-corrected chi connectivity index (χ4v) is 2.28. The maximum Gasteiger partial charge on any atom is 0.240 e. The van der Waals surface area contributed by atoms with Crippen LogP contribution in [0.5, 0.6) is 11.5 Å². The van der Waals surface area contributed by atoms with E-state index in [0.717, 1.165) is 5.56 Å². The van der Waals surface area contributed by atoms with Crippen LogP contribution >= 0.6 is 0 Å². The fourth-order valence-electron chi connectivity index (χ4n) is 2.28. The van der Waals surface area contributed by atoms with E-state index in [1.54, 1.807) is 30.6 Å². The fraction of sp³-hybridized carbons (Fsp3) is 0.278. The monoisotopic (exact) mass is 343 g/mol. The van der Waals surface area contributed by atoms with E-state index in [-0.39, 0.29) is 18.4 Å². The summed E-state index contributed by atoms with van der Waals surface area (Å²) in [6.45, 7) is 1.70. The number of pyridine rings is 1. The minimum absolute atomic E-state index is 0.0874. The number of rotatable bonds is 7. The third kappa shape index (κ3) is 4.94. The standard InChI is InChI=1S/C18H21N3O4/c1-13(22)21(15-4-5-16(24-2)17(10-15)25-3)12-18(23)20-11-14-6-8-19-9-7-14/h4-10H,11-12H2,1-3H3,(H,20,23). The second-order valence-corrected chi connectivity index (χ2v) is 5.28. The van der Waals surface area contributed by atoms with E-state index < -0.39 is 0 Å². The quantitative estimate of drug-likeness (QED) is 0.829. The molecule has 0 aliphatic rings. The van der Waals surface area contributed by atoms with Gasteiger partial charge < -0.3 is 19.7 Å². The average molecular weight is 343 g/mol. The largest absolute Gasteiger partial charge is 0.493 e. The van der Waals surface area contributed by atoms with Gasteiger partial charge in [0.2, 0.25) is 11.8 Å². The molecule has 2 amide bonds. The van der Waals surface area contributed by atoms with E-state index in [4.69, 9.17) is 9.47 Å². The van der Waals surface area contributed by atoms with Crippen LogP contribution < -0.4 is 19.7 Å². The molecule has 132 valence electrons. The van der Waals surface area contributed by atoms with Crippen molar-refractivity contribution in [3.05, 3.63) is 48.3 Å². The molecule has 0 unspecified atom stereocenters. The lowest BCUT2D eigenvalue weighted by atomic mass is 10.2. The summed E-state index contributed by atoms with van der Waals surface area (Å²) in [6, 6.07) is 8.70. The van der Waals surface area contributed by atoms with Gasteiger partial charge in [-0.15, -0.1) is 0 Å². The zero-order valence-corrected chi connectivity index (χ0v) is 14.5. The van der Waals surface area contributed by atoms with E-state index in [2.05, 4.69) is 10.3 Å². The number of amides is 2. The molecule has 1 heterocycles. The molecule has 0 atom stereocenters. The Kier molecular flexibility index (Phi) is 6.33. The number of benzene rings is 1. The van der Waals surface area contributed by atoms with E-state index in [1.807, 2.05) is 12.1 Å². The zero-order chi connectivity index (χ0) is 18.2. The molecule has 25 heavy (non-hydrogen) atoms. The lowest BCUT2D eigenvalue weighted by molar-refractivity contribution is -0.123. The number of nitrogens with zero attached hydrogens (tertiary/aromatic N) is 2. The number of aromatic nitrogens is 1. The Balaban J connectivity index is 2.07. The van der Waals surface area contributed by atoms with Gasteiger partial charge in [0, 0.05) is 37.6 Å². The summed E-state index contributed by atoms with van der Waals surface area (Å²) in [4.78, 5) is 29.5. The average Bonchev–Trinajstić information content (AvgIpc) is 2.64. The van der Waals surface area contributed by atoms with Gasteiger partial charge in [-0.25, -0.2) is 0 Å². The van der Waals surface area contributed by atoms with Crippen molar-refractivity contribution in [1.29, 1.82) is 0 Å². The van der Waals surface area contributed by atoms with Gasteiger partial charge in [-0.1, -0.05) is 0 Å². The van der Waals surface area contributed by atoms with Gasteiger partial charge in [0.05, 0.1) is 14.2 Å². The third-order valence-corrected chi connectivity index (χ3v) is 3.60. The summed E-state index contributed by atoms with van der Waals surface area (Å²) < 4.78 is 10.4. The van der Waals surface area contributed by atoms with Crippen molar-refractivity contribution in [3.63, 3.8) is 0 Å². The lowest BCUT2D eigenvalue weighted by Gasteiger charge is -2.22. The Hall–Kier alpha value is -3.09. The first-order chi connectivity index (χ1) is 12.0. The van der Waals surface area contributed by atoms with Crippen LogP contribution in [-0.2, 0) is 16.1 Å². The zero-order valence-electron chi connectivity index (χ0n) is 14.5. The van der Waals surface area contributed by atoms with E-state index >= 15 is 0 Å². The first-order valence-electron chi connectivity index (χ1n) is 7.71. The van der Waals surface area contributed by atoms with Crippen LogP contribution in [-0.4, -0.2) is 37.6 Å². The smallest absolute Gasteiger partial charge is 0.240 e. The Morgan fingerprint density at radius 3 is 2.36 bits per heavy atom. The van der Waals surface area contributed by atoms with Crippen molar-refractivity contribution in [3.8, 4) is 11.5 Å². The first-order valence-corrected chi connectivity index (χ1v) is 7.71. The highest BCUT2D eigenvalue weighted by Gasteiger charge is 2.17. The second-order valence-electron chi connectivity index (χ2n) is 5.28. The highest BCUT2D eigenvalue weighted by Crippen LogP contribution is 2.31. The molecule has 1 aromatic carbocycles. The van der Waals surface area contributed by atoms with E-state index in [9.17, 15) is 9.59 Å². The first kappa shape index (κ1) is 18.3. The molecule has 0 aliphatic heterocycles. The molecule has 1 N–H and O–H groups in total. The molecule has 7 heteroatoms. The van der Waals surface area contributed by atoms with Crippen molar-refractivity contribution in [2.24, 2.45) is 0 Å². The molecule has 0 spiro atoms. The maximum atomic E-state index is 12.2. The van der Waals surface area contributed by atoms with Gasteiger partial charge in [-0.2, -0.15) is 0 Å². The van der Waals surface area contributed by atoms with Gasteiger partial charge in [0.15, 0.2) is 11.5 Å². The van der Waals surface area contributed by atoms with Crippen LogP contribution in [0.2, 0.25) is 0 Å². The predicted octanol–water partition coefficient (Wildman–Crippen LogP) is 1.77. The van der Waals surface area contributed by atoms with Crippen molar-refractivity contribution < 1.29 is 19.1 Å². The Morgan fingerprint density at radius 1 is 1.08 bits per heavy atom. The van der Waals surface area contributed by atoms with Crippen molar-refractivity contribution in [2.75, 3.05) is 25.7 Å². The minimum Gasteiger partial charge on any atom is -0.493 e. The van der Waals surface area contributed by atoms with Crippen molar-refractivity contribution in [1.82, 2.24) is 10.3 Å². The second kappa shape index (κ2) is 8.68. The van der Waals surface area contributed by atoms with Crippen LogP contribution in [0.4, 0.5) is 5.69 Å². The third-order valence-electron chi connectivity index (χ3n) is 3.60. The molecular formula is C18H21N3O4. The molecule has 2 rings (SSSR count). The predicted molar refractivity (Wildman–Crippen MR) is 93.7 cm³/mol. The van der Waals surface area contributed by atoms with E-state index in [0.29, 0.717) is 23.7 Å². The van der Waals surface area contributed by atoms with Crippen LogP contribution in [0, 0.1) is 0 Å². The number of methoxy groups -OCH3 is 2.